The van der Waals surface area contributed by atoms with E-state index in [9.17, 15) is 4.79 Å². The van der Waals surface area contributed by atoms with E-state index in [0.29, 0.717) is 5.92 Å². The Morgan fingerprint density at radius 2 is 1.65 bits per heavy atom. The van der Waals surface area contributed by atoms with Crippen LogP contribution in [-0.2, 0) is 11.2 Å². The number of hydrogen-bond acceptors (Lipinski definition) is 1. The van der Waals surface area contributed by atoms with Crippen molar-refractivity contribution >= 4 is 35.5 Å². The van der Waals surface area contributed by atoms with E-state index in [1.54, 1.807) is 6.92 Å². The predicted octanol–water partition coefficient (Wildman–Crippen LogP) is 1.87. The molecule has 0 heterocycles. The zero-order valence-corrected chi connectivity index (χ0v) is 13.0. The summed E-state index contributed by atoms with van der Waals surface area (Å²) in [5, 5.41) is 8.85. The fourth-order valence-electron chi connectivity index (χ4n) is 1.56. The van der Waals surface area contributed by atoms with Gasteiger partial charge in [-0.15, -0.1) is 0 Å². The molecule has 1 rings (SSSR count). The van der Waals surface area contributed by atoms with E-state index < -0.39 is 11.9 Å². The molecule has 0 aliphatic rings. The Morgan fingerprint density at radius 3 is 2.00 bits per heavy atom. The van der Waals surface area contributed by atoms with Crippen LogP contribution < -0.4 is 0 Å². The van der Waals surface area contributed by atoms with Gasteiger partial charge in [0.25, 0.3) is 0 Å². The van der Waals surface area contributed by atoms with E-state index in [2.05, 4.69) is 13.8 Å². The van der Waals surface area contributed by atoms with E-state index in [1.807, 2.05) is 24.3 Å². The molecule has 1 aromatic rings. The molecule has 4 heteroatoms. The van der Waals surface area contributed by atoms with Crippen LogP contribution in [0.25, 0.3) is 0 Å². The molecule has 3 nitrogen and oxygen atoms in total. The van der Waals surface area contributed by atoms with Crippen LogP contribution in [0.3, 0.4) is 0 Å². The van der Waals surface area contributed by atoms with Crippen molar-refractivity contribution in [2.75, 3.05) is 0 Å². The number of carbonyl (C=O) groups is 1. The Hall–Kier alpha value is -0.350. The van der Waals surface area contributed by atoms with Crippen LogP contribution in [0.2, 0.25) is 0 Å². The molecule has 0 saturated carbocycles. The molecule has 1 atom stereocenters. The summed E-state index contributed by atoms with van der Waals surface area (Å²) in [5.74, 6) is -0.558. The fraction of sp³-hybridized carbons (Fsp3) is 0.462. The molecule has 1 radical (unpaired) electrons. The maximum absolute atomic E-state index is 10.8. The smallest absolute Gasteiger partial charge is 0.310 e. The Kier molecular flexibility index (Phi) is 9.72. The standard InChI is InChI=1S/C13H18O2.Na.H2O/c1-9(2)8-11-4-6-12(7-5-11)10(3)13(14)15;;/h4-7,9-10H,8H2,1-3H3,(H,14,15);;1H2. The Balaban J connectivity index is 0. The quantitative estimate of drug-likeness (QED) is 0.825. The molecule has 0 saturated heterocycles. The molecule has 3 N–H and O–H groups in total. The van der Waals surface area contributed by atoms with Crippen molar-refractivity contribution in [3.8, 4) is 0 Å². The SMILES string of the molecule is CC(C)Cc1ccc(C(C)C(=O)O)cc1.O.[Na]. The molecule has 1 aromatic carbocycles. The second-order valence-electron chi connectivity index (χ2n) is 4.40. The van der Waals surface area contributed by atoms with Gasteiger partial charge >= 0.3 is 5.97 Å². The summed E-state index contributed by atoms with van der Waals surface area (Å²) in [6.45, 7) is 6.06. The first-order valence-corrected chi connectivity index (χ1v) is 5.32. The molecule has 0 fully saturated rings. The topological polar surface area (TPSA) is 68.8 Å². The minimum Gasteiger partial charge on any atom is -0.481 e. The average Bonchev–Trinajstić information content (AvgIpc) is 2.17. The average molecular weight is 247 g/mol. The first-order valence-electron chi connectivity index (χ1n) is 5.32. The van der Waals surface area contributed by atoms with E-state index in [0.717, 1.165) is 12.0 Å². The molecular weight excluding hydrogens is 227 g/mol. The van der Waals surface area contributed by atoms with Gasteiger partial charge in [0, 0.05) is 29.6 Å². The molecule has 0 amide bonds. The van der Waals surface area contributed by atoms with E-state index >= 15 is 0 Å². The number of carboxylic acids is 1. The number of aliphatic carboxylic acids is 1. The molecule has 0 aliphatic carbocycles. The van der Waals surface area contributed by atoms with Gasteiger partial charge in [0.15, 0.2) is 0 Å². The maximum Gasteiger partial charge on any atom is 0.310 e. The van der Waals surface area contributed by atoms with Crippen molar-refractivity contribution < 1.29 is 15.4 Å². The van der Waals surface area contributed by atoms with E-state index in [-0.39, 0.29) is 35.0 Å². The molecule has 0 aromatic heterocycles. The summed E-state index contributed by atoms with van der Waals surface area (Å²) in [4.78, 5) is 10.8. The third kappa shape index (κ3) is 6.22. The van der Waals surface area contributed by atoms with E-state index in [4.69, 9.17) is 5.11 Å². The van der Waals surface area contributed by atoms with Crippen LogP contribution in [-0.4, -0.2) is 46.1 Å². The van der Waals surface area contributed by atoms with Crippen molar-refractivity contribution in [1.82, 2.24) is 0 Å². The second-order valence-corrected chi connectivity index (χ2v) is 4.40. The first kappa shape index (κ1) is 19.0. The minimum atomic E-state index is -0.772. The largest absolute Gasteiger partial charge is 0.481 e. The summed E-state index contributed by atoms with van der Waals surface area (Å²) in [5.41, 5.74) is 2.14. The van der Waals surface area contributed by atoms with Crippen LogP contribution in [0, 0.1) is 5.92 Å². The van der Waals surface area contributed by atoms with Crippen LogP contribution in [0.4, 0.5) is 0 Å². The van der Waals surface area contributed by atoms with Crippen LogP contribution in [0.5, 0.6) is 0 Å². The third-order valence-corrected chi connectivity index (χ3v) is 2.49. The zero-order valence-electron chi connectivity index (χ0n) is 11.0. The molecule has 0 bridgehead atoms. The van der Waals surface area contributed by atoms with Gasteiger partial charge < -0.3 is 10.6 Å². The maximum atomic E-state index is 10.8. The summed E-state index contributed by atoms with van der Waals surface area (Å²) < 4.78 is 0. The number of hydrogen-bond donors (Lipinski definition) is 1. The zero-order chi connectivity index (χ0) is 11.4. The fourth-order valence-corrected chi connectivity index (χ4v) is 1.56. The van der Waals surface area contributed by atoms with Crippen LogP contribution in [0.15, 0.2) is 24.3 Å². The van der Waals surface area contributed by atoms with Gasteiger partial charge in [-0.3, -0.25) is 4.79 Å². The Bertz CT molecular complexity index is 333. The van der Waals surface area contributed by atoms with Gasteiger partial charge in [-0.2, -0.15) is 0 Å². The predicted molar refractivity (Wildman–Crippen MR) is 70.4 cm³/mol. The number of benzene rings is 1. The van der Waals surface area contributed by atoms with Crippen LogP contribution >= 0.6 is 0 Å². The van der Waals surface area contributed by atoms with Crippen molar-refractivity contribution in [1.29, 1.82) is 0 Å². The summed E-state index contributed by atoms with van der Waals surface area (Å²) in [6, 6.07) is 7.87. The molecule has 0 aliphatic heterocycles. The van der Waals surface area contributed by atoms with Crippen molar-refractivity contribution in [3.05, 3.63) is 35.4 Å². The molecular formula is C13H20NaO3. The molecule has 1 unspecified atom stereocenters. The summed E-state index contributed by atoms with van der Waals surface area (Å²) >= 11 is 0. The van der Waals surface area contributed by atoms with Gasteiger partial charge in [0.2, 0.25) is 0 Å². The van der Waals surface area contributed by atoms with Gasteiger partial charge in [0.1, 0.15) is 0 Å². The van der Waals surface area contributed by atoms with Crippen molar-refractivity contribution in [3.63, 3.8) is 0 Å². The summed E-state index contributed by atoms with van der Waals surface area (Å²) in [6.07, 6.45) is 1.04. The third-order valence-electron chi connectivity index (χ3n) is 2.49. The number of rotatable bonds is 4. The second kappa shape index (κ2) is 8.70. The molecule has 17 heavy (non-hydrogen) atoms. The van der Waals surface area contributed by atoms with Crippen molar-refractivity contribution in [2.24, 2.45) is 5.92 Å². The Morgan fingerprint density at radius 1 is 1.18 bits per heavy atom. The van der Waals surface area contributed by atoms with Gasteiger partial charge in [-0.1, -0.05) is 38.1 Å². The normalized spacial score (nSPS) is 11.3. The minimum absolute atomic E-state index is 0. The van der Waals surface area contributed by atoms with Gasteiger partial charge in [0.05, 0.1) is 5.92 Å². The monoisotopic (exact) mass is 247 g/mol. The Labute approximate surface area is 125 Å². The summed E-state index contributed by atoms with van der Waals surface area (Å²) in [7, 11) is 0. The first-order chi connectivity index (χ1) is 7.00. The van der Waals surface area contributed by atoms with Crippen molar-refractivity contribution in [2.45, 2.75) is 33.1 Å². The number of carboxylic acid groups (broad SMARTS) is 1. The van der Waals surface area contributed by atoms with Crippen LogP contribution in [0.1, 0.15) is 37.8 Å². The van der Waals surface area contributed by atoms with Gasteiger partial charge in [-0.25, -0.2) is 0 Å². The molecule has 0 spiro atoms. The van der Waals surface area contributed by atoms with E-state index in [1.165, 1.54) is 5.56 Å². The van der Waals surface area contributed by atoms with Gasteiger partial charge in [-0.05, 0) is 30.4 Å². The molecule has 91 valence electrons.